The maximum Gasteiger partial charge on any atom is 0.352 e. The number of hydrogen-bond acceptors (Lipinski definition) is 4. The van der Waals surface area contributed by atoms with Crippen LogP contribution < -0.4 is 9.47 Å². The third-order valence-corrected chi connectivity index (χ3v) is 6.17. The minimum absolute atomic E-state index is 0.0545. The smallest absolute Gasteiger partial charge is 0.352 e. The molecule has 1 aliphatic rings. The zero-order chi connectivity index (χ0) is 23.6. The Bertz CT molecular complexity index is 1130. The van der Waals surface area contributed by atoms with Crippen LogP contribution in [-0.2, 0) is 11.2 Å². The number of esters is 1. The summed E-state index contributed by atoms with van der Waals surface area (Å²) in [6, 6.07) is 18.6. The molecule has 3 aromatic rings. The lowest BCUT2D eigenvalue weighted by molar-refractivity contribution is -0.172. The molecule has 0 saturated heterocycles. The maximum atomic E-state index is 15.9. The molecule has 4 rings (SSSR count). The van der Waals surface area contributed by atoms with Crippen molar-refractivity contribution in [2.45, 2.75) is 37.5 Å². The average molecular weight is 473 g/mol. The van der Waals surface area contributed by atoms with Crippen molar-refractivity contribution in [3.05, 3.63) is 89.2 Å². The predicted molar refractivity (Wildman–Crippen MR) is 121 cm³/mol. The molecule has 0 radical (unpaired) electrons. The fourth-order valence-corrected chi connectivity index (χ4v) is 3.93. The van der Waals surface area contributed by atoms with Gasteiger partial charge in [-0.2, -0.15) is 0 Å². The number of halogens is 3. The first-order valence-electron chi connectivity index (χ1n) is 10.6. The number of benzene rings is 3. The molecular weight excluding hydrogens is 450 g/mol. The van der Waals surface area contributed by atoms with E-state index in [1.54, 1.807) is 30.3 Å². The van der Waals surface area contributed by atoms with Gasteiger partial charge in [0.2, 0.25) is 5.67 Å². The van der Waals surface area contributed by atoms with Gasteiger partial charge < -0.3 is 14.6 Å². The van der Waals surface area contributed by atoms with Crippen LogP contribution in [0.15, 0.2) is 72.8 Å². The monoisotopic (exact) mass is 472 g/mol. The Morgan fingerprint density at radius 1 is 1.06 bits per heavy atom. The normalized spacial score (nSPS) is 17.0. The van der Waals surface area contributed by atoms with Crippen LogP contribution in [0.1, 0.15) is 25.3 Å². The van der Waals surface area contributed by atoms with Gasteiger partial charge in [0.1, 0.15) is 17.1 Å². The van der Waals surface area contributed by atoms with Gasteiger partial charge in [0.15, 0.2) is 11.6 Å². The molecule has 7 heteroatoms. The highest BCUT2D eigenvalue weighted by Crippen LogP contribution is 2.49. The molecule has 3 aromatic carbocycles. The van der Waals surface area contributed by atoms with E-state index in [-0.39, 0.29) is 17.9 Å². The van der Waals surface area contributed by atoms with Gasteiger partial charge in [-0.05, 0) is 79.8 Å². The van der Waals surface area contributed by atoms with Crippen molar-refractivity contribution in [1.29, 1.82) is 0 Å². The molecule has 1 N–H and O–H groups in total. The van der Waals surface area contributed by atoms with Crippen LogP contribution in [0.2, 0.25) is 5.02 Å². The van der Waals surface area contributed by atoms with Crippen LogP contribution in [0, 0.1) is 11.7 Å². The molecule has 0 bridgehead atoms. The van der Waals surface area contributed by atoms with Crippen LogP contribution in [0.4, 0.5) is 8.78 Å². The van der Waals surface area contributed by atoms with Gasteiger partial charge in [0, 0.05) is 11.4 Å². The zero-order valence-electron chi connectivity index (χ0n) is 17.9. The Morgan fingerprint density at radius 3 is 2.36 bits per heavy atom. The summed E-state index contributed by atoms with van der Waals surface area (Å²) in [5, 5.41) is 11.9. The Kier molecular flexibility index (Phi) is 6.41. The van der Waals surface area contributed by atoms with Crippen molar-refractivity contribution in [2.75, 3.05) is 0 Å². The van der Waals surface area contributed by atoms with E-state index in [4.69, 9.17) is 21.1 Å². The Morgan fingerprint density at radius 2 is 1.73 bits per heavy atom. The van der Waals surface area contributed by atoms with Crippen molar-refractivity contribution >= 4 is 17.6 Å². The number of rotatable bonds is 8. The number of carbonyl (C=O) groups excluding carboxylic acids is 1. The summed E-state index contributed by atoms with van der Waals surface area (Å²) >= 11 is 5.83. The fourth-order valence-electron chi connectivity index (χ4n) is 3.80. The van der Waals surface area contributed by atoms with Gasteiger partial charge in [-0.25, -0.2) is 13.6 Å². The molecule has 0 spiro atoms. The first kappa shape index (κ1) is 23.2. The van der Waals surface area contributed by atoms with E-state index in [1.807, 2.05) is 0 Å². The second kappa shape index (κ2) is 9.12. The lowest BCUT2D eigenvalue weighted by Gasteiger charge is -2.38. The Hall–Kier alpha value is -2.96. The fraction of sp³-hybridized carbons (Fsp3) is 0.269. The molecule has 1 aliphatic carbocycles. The lowest BCUT2D eigenvalue weighted by Crippen LogP contribution is -2.58. The second-order valence-electron chi connectivity index (χ2n) is 8.40. The Balaban J connectivity index is 1.58. The van der Waals surface area contributed by atoms with E-state index < -0.39 is 29.0 Å². The number of alkyl halides is 1. The first-order valence-corrected chi connectivity index (χ1v) is 11.0. The van der Waals surface area contributed by atoms with E-state index >= 15 is 4.39 Å². The number of aliphatic hydroxyl groups is 1. The lowest BCUT2D eigenvalue weighted by atomic mass is 9.77. The molecule has 2 atom stereocenters. The van der Waals surface area contributed by atoms with Gasteiger partial charge in [-0.3, -0.25) is 0 Å². The van der Waals surface area contributed by atoms with E-state index in [2.05, 4.69) is 0 Å². The number of ether oxygens (including phenoxy) is 2. The summed E-state index contributed by atoms with van der Waals surface area (Å²) in [6.45, 7) is 1.02. The molecule has 0 aliphatic heterocycles. The van der Waals surface area contributed by atoms with Crippen LogP contribution >= 0.6 is 11.6 Å². The van der Waals surface area contributed by atoms with Gasteiger partial charge in [0.25, 0.3) is 0 Å². The van der Waals surface area contributed by atoms with E-state index in [9.17, 15) is 14.3 Å². The van der Waals surface area contributed by atoms with Crippen molar-refractivity contribution < 1.29 is 28.2 Å². The quantitative estimate of drug-likeness (QED) is 0.309. The van der Waals surface area contributed by atoms with Gasteiger partial charge in [-0.1, -0.05) is 35.9 Å². The minimum atomic E-state index is -2.72. The van der Waals surface area contributed by atoms with Crippen molar-refractivity contribution in [3.63, 3.8) is 0 Å². The molecule has 2 unspecified atom stereocenters. The summed E-state index contributed by atoms with van der Waals surface area (Å²) in [5.41, 5.74) is -4.33. The van der Waals surface area contributed by atoms with Crippen molar-refractivity contribution in [2.24, 2.45) is 5.92 Å². The van der Waals surface area contributed by atoms with Crippen LogP contribution in [0.25, 0.3) is 0 Å². The third-order valence-electron chi connectivity index (χ3n) is 5.91. The van der Waals surface area contributed by atoms with E-state index in [0.29, 0.717) is 29.2 Å². The van der Waals surface area contributed by atoms with E-state index in [1.165, 1.54) is 42.5 Å². The molecule has 0 amide bonds. The summed E-state index contributed by atoms with van der Waals surface area (Å²) in [6.07, 6.45) is 0.920. The molecule has 172 valence electrons. The number of hydrogen-bond donors (Lipinski definition) is 1. The minimum Gasteiger partial charge on any atom is -0.454 e. The number of para-hydroxylation sites is 1. The Labute approximate surface area is 195 Å². The topological polar surface area (TPSA) is 55.8 Å². The molecule has 1 saturated carbocycles. The summed E-state index contributed by atoms with van der Waals surface area (Å²) < 4.78 is 41.1. The standard InChI is InChI=1S/C26H23ClF2O4/c1-25(29,24(30)33-21-12-10-19(27)11-13-21)26(31,18-8-9-18)16-17-7-14-22(28)23(15-17)32-20-5-3-2-4-6-20/h2-7,10-15,18,31H,8-9,16H2,1H3. The highest BCUT2D eigenvalue weighted by Gasteiger charge is 2.61. The molecule has 0 aromatic heterocycles. The molecule has 0 heterocycles. The van der Waals surface area contributed by atoms with Crippen molar-refractivity contribution in [3.8, 4) is 17.2 Å². The molecule has 33 heavy (non-hydrogen) atoms. The number of carbonyl (C=O) groups is 1. The summed E-state index contributed by atoms with van der Waals surface area (Å²) in [4.78, 5) is 12.8. The van der Waals surface area contributed by atoms with Gasteiger partial charge >= 0.3 is 5.97 Å². The van der Waals surface area contributed by atoms with Crippen LogP contribution in [0.5, 0.6) is 17.2 Å². The molecular formula is C26H23ClF2O4. The summed E-state index contributed by atoms with van der Waals surface area (Å²) in [7, 11) is 0. The molecule has 4 nitrogen and oxygen atoms in total. The predicted octanol–water partition coefficient (Wildman–Crippen LogP) is 6.29. The van der Waals surface area contributed by atoms with Gasteiger partial charge in [0.05, 0.1) is 0 Å². The third kappa shape index (κ3) is 5.02. The second-order valence-corrected chi connectivity index (χ2v) is 8.84. The zero-order valence-corrected chi connectivity index (χ0v) is 18.7. The van der Waals surface area contributed by atoms with Crippen LogP contribution in [0.3, 0.4) is 0 Å². The highest BCUT2D eigenvalue weighted by atomic mass is 35.5. The van der Waals surface area contributed by atoms with Crippen molar-refractivity contribution in [1.82, 2.24) is 0 Å². The largest absolute Gasteiger partial charge is 0.454 e. The van der Waals surface area contributed by atoms with Gasteiger partial charge in [-0.15, -0.1) is 0 Å². The average Bonchev–Trinajstić information content (AvgIpc) is 3.64. The van der Waals surface area contributed by atoms with Crippen LogP contribution in [-0.4, -0.2) is 22.3 Å². The maximum absolute atomic E-state index is 15.9. The summed E-state index contributed by atoms with van der Waals surface area (Å²) in [5.74, 6) is -1.74. The van der Waals surface area contributed by atoms with E-state index in [0.717, 1.165) is 6.92 Å². The molecule has 1 fully saturated rings. The first-order chi connectivity index (χ1) is 15.7. The highest BCUT2D eigenvalue weighted by molar-refractivity contribution is 6.30. The SMILES string of the molecule is CC(F)(C(=O)Oc1ccc(Cl)cc1)C(O)(Cc1ccc(F)c(Oc2ccccc2)c1)C1CC1.